The molecule has 9 nitrogen and oxygen atoms in total. The number of carbonyl (C=O) groups excluding carboxylic acids is 2. The van der Waals surface area contributed by atoms with E-state index in [9.17, 15) is 9.59 Å². The largest absolute Gasteiger partial charge is 0.465 e. The second-order valence-corrected chi connectivity index (χ2v) is 6.47. The molecule has 9 heteroatoms. The average molecular weight is 394 g/mol. The Labute approximate surface area is 165 Å². The number of amides is 1. The standard InChI is InChI=1S/C19H30N4O5/c1-5-20-18(21-12-15-11-16(13(3)28-15)17(24)26-4)22-14-7-9-23(10-8-14)19(25)27-6-2/h11,14H,5-10,12H2,1-4H3,(H2,20,21,22). The van der Waals surface area contributed by atoms with Gasteiger partial charge in [0.05, 0.1) is 13.7 Å². The number of carbonyl (C=O) groups is 2. The number of guanidine groups is 1. The van der Waals surface area contributed by atoms with Gasteiger partial charge < -0.3 is 29.4 Å². The average Bonchev–Trinajstić information content (AvgIpc) is 3.07. The molecule has 2 heterocycles. The van der Waals surface area contributed by atoms with E-state index in [1.54, 1.807) is 24.8 Å². The maximum Gasteiger partial charge on any atom is 0.409 e. The predicted molar refractivity (Wildman–Crippen MR) is 104 cm³/mol. The van der Waals surface area contributed by atoms with Crippen molar-refractivity contribution >= 4 is 18.0 Å². The summed E-state index contributed by atoms with van der Waals surface area (Å²) < 4.78 is 15.4. The van der Waals surface area contributed by atoms with E-state index in [4.69, 9.17) is 13.9 Å². The second-order valence-electron chi connectivity index (χ2n) is 6.47. The molecule has 0 aromatic carbocycles. The number of hydrogen-bond acceptors (Lipinski definition) is 6. The van der Waals surface area contributed by atoms with Crippen LogP contribution in [0.2, 0.25) is 0 Å². The zero-order valence-electron chi connectivity index (χ0n) is 17.0. The Balaban J connectivity index is 1.93. The Bertz CT molecular complexity index is 692. The zero-order chi connectivity index (χ0) is 20.5. The molecule has 0 atom stereocenters. The van der Waals surface area contributed by atoms with Crippen LogP contribution in [-0.2, 0) is 16.0 Å². The summed E-state index contributed by atoms with van der Waals surface area (Å²) >= 11 is 0. The molecule has 1 aromatic heterocycles. The summed E-state index contributed by atoms with van der Waals surface area (Å²) in [5.41, 5.74) is 0.414. The molecular formula is C19H30N4O5. The molecule has 0 unspecified atom stereocenters. The molecule has 2 rings (SSSR count). The first-order valence-electron chi connectivity index (χ1n) is 9.62. The van der Waals surface area contributed by atoms with Gasteiger partial charge in [0.25, 0.3) is 0 Å². The SMILES string of the molecule is CCNC(=NCc1cc(C(=O)OC)c(C)o1)NC1CCN(C(=O)OCC)CC1. The van der Waals surface area contributed by atoms with Crippen molar-refractivity contribution in [2.75, 3.05) is 33.4 Å². The number of ether oxygens (including phenoxy) is 2. The molecule has 0 radical (unpaired) electrons. The third-order valence-electron chi connectivity index (χ3n) is 4.47. The lowest BCUT2D eigenvalue weighted by molar-refractivity contribution is 0.0598. The quantitative estimate of drug-likeness (QED) is 0.432. The van der Waals surface area contributed by atoms with E-state index in [2.05, 4.69) is 15.6 Å². The Hall–Kier alpha value is -2.71. The van der Waals surface area contributed by atoms with Crippen LogP contribution in [0.3, 0.4) is 0 Å². The highest BCUT2D eigenvalue weighted by Gasteiger charge is 2.24. The highest BCUT2D eigenvalue weighted by Crippen LogP contribution is 2.16. The fourth-order valence-corrected chi connectivity index (χ4v) is 3.03. The van der Waals surface area contributed by atoms with Gasteiger partial charge in [0, 0.05) is 25.7 Å². The molecule has 0 bridgehead atoms. The summed E-state index contributed by atoms with van der Waals surface area (Å²) in [6.45, 7) is 8.23. The van der Waals surface area contributed by atoms with Crippen LogP contribution in [0.4, 0.5) is 4.79 Å². The van der Waals surface area contributed by atoms with Crippen LogP contribution in [0.1, 0.15) is 48.6 Å². The molecule has 156 valence electrons. The summed E-state index contributed by atoms with van der Waals surface area (Å²) in [7, 11) is 1.34. The van der Waals surface area contributed by atoms with Crippen molar-refractivity contribution in [2.45, 2.75) is 46.2 Å². The van der Waals surface area contributed by atoms with Crippen molar-refractivity contribution in [1.82, 2.24) is 15.5 Å². The van der Waals surface area contributed by atoms with Gasteiger partial charge >= 0.3 is 12.1 Å². The number of aryl methyl sites for hydroxylation is 1. The third kappa shape index (κ3) is 5.90. The molecule has 1 aromatic rings. The smallest absolute Gasteiger partial charge is 0.409 e. The Kier molecular flexibility index (Phi) is 8.16. The van der Waals surface area contributed by atoms with E-state index in [1.165, 1.54) is 7.11 Å². The summed E-state index contributed by atoms with van der Waals surface area (Å²) in [5, 5.41) is 6.61. The first kappa shape index (κ1) is 21.6. The summed E-state index contributed by atoms with van der Waals surface area (Å²) in [4.78, 5) is 29.8. The normalized spacial score (nSPS) is 15.3. The van der Waals surface area contributed by atoms with Gasteiger partial charge in [-0.1, -0.05) is 0 Å². The van der Waals surface area contributed by atoms with Gasteiger partial charge in [-0.05, 0) is 39.7 Å². The fraction of sp³-hybridized carbons (Fsp3) is 0.632. The molecular weight excluding hydrogens is 364 g/mol. The van der Waals surface area contributed by atoms with Crippen molar-refractivity contribution in [3.63, 3.8) is 0 Å². The van der Waals surface area contributed by atoms with Crippen LogP contribution in [0.15, 0.2) is 15.5 Å². The molecule has 28 heavy (non-hydrogen) atoms. The molecule has 1 fully saturated rings. The second kappa shape index (κ2) is 10.6. The minimum Gasteiger partial charge on any atom is -0.465 e. The number of rotatable bonds is 6. The Morgan fingerprint density at radius 2 is 2.04 bits per heavy atom. The van der Waals surface area contributed by atoms with Crippen molar-refractivity contribution < 1.29 is 23.5 Å². The number of nitrogens with zero attached hydrogens (tertiary/aromatic N) is 2. The van der Waals surface area contributed by atoms with Crippen molar-refractivity contribution in [3.8, 4) is 0 Å². The molecule has 0 spiro atoms. The summed E-state index contributed by atoms with van der Waals surface area (Å²) in [5.74, 6) is 1.36. The van der Waals surface area contributed by atoms with E-state index in [0.29, 0.717) is 49.3 Å². The van der Waals surface area contributed by atoms with Crippen molar-refractivity contribution in [3.05, 3.63) is 23.2 Å². The first-order valence-corrected chi connectivity index (χ1v) is 9.62. The van der Waals surface area contributed by atoms with Crippen LogP contribution >= 0.6 is 0 Å². The number of furan rings is 1. The van der Waals surface area contributed by atoms with Gasteiger partial charge in [-0.25, -0.2) is 14.6 Å². The molecule has 1 amide bonds. The number of likely N-dealkylation sites (tertiary alicyclic amines) is 1. The van der Waals surface area contributed by atoms with E-state index in [1.807, 2.05) is 6.92 Å². The lowest BCUT2D eigenvalue weighted by Crippen LogP contribution is -2.49. The highest BCUT2D eigenvalue weighted by molar-refractivity contribution is 5.90. The van der Waals surface area contributed by atoms with E-state index in [0.717, 1.165) is 19.4 Å². The predicted octanol–water partition coefficient (Wildman–Crippen LogP) is 2.05. The Morgan fingerprint density at radius 3 is 2.64 bits per heavy atom. The minimum absolute atomic E-state index is 0.215. The number of aliphatic imine (C=N–C) groups is 1. The topological polar surface area (TPSA) is 105 Å². The number of nitrogens with one attached hydrogen (secondary N) is 2. The van der Waals surface area contributed by atoms with Crippen LogP contribution in [0.5, 0.6) is 0 Å². The molecule has 1 saturated heterocycles. The van der Waals surface area contributed by atoms with Gasteiger partial charge in [-0.2, -0.15) is 0 Å². The van der Waals surface area contributed by atoms with E-state index in [-0.39, 0.29) is 12.1 Å². The molecule has 1 aliphatic heterocycles. The lowest BCUT2D eigenvalue weighted by Gasteiger charge is -2.32. The fourth-order valence-electron chi connectivity index (χ4n) is 3.03. The number of hydrogen-bond donors (Lipinski definition) is 2. The number of piperidine rings is 1. The van der Waals surface area contributed by atoms with Gasteiger partial charge in [-0.15, -0.1) is 0 Å². The van der Waals surface area contributed by atoms with E-state index >= 15 is 0 Å². The zero-order valence-corrected chi connectivity index (χ0v) is 17.0. The van der Waals surface area contributed by atoms with Crippen molar-refractivity contribution in [2.24, 2.45) is 4.99 Å². The van der Waals surface area contributed by atoms with Gasteiger partial charge in [0.15, 0.2) is 5.96 Å². The molecule has 2 N–H and O–H groups in total. The van der Waals surface area contributed by atoms with Gasteiger partial charge in [0.1, 0.15) is 23.6 Å². The first-order chi connectivity index (χ1) is 13.5. The summed E-state index contributed by atoms with van der Waals surface area (Å²) in [6, 6.07) is 1.87. The van der Waals surface area contributed by atoms with Gasteiger partial charge in [-0.3, -0.25) is 0 Å². The van der Waals surface area contributed by atoms with Crippen LogP contribution < -0.4 is 10.6 Å². The number of esters is 1. The van der Waals surface area contributed by atoms with Crippen LogP contribution in [-0.4, -0.2) is 62.3 Å². The highest BCUT2D eigenvalue weighted by atomic mass is 16.6. The maximum absolute atomic E-state index is 11.8. The minimum atomic E-state index is -0.421. The molecule has 0 saturated carbocycles. The molecule has 0 aliphatic carbocycles. The van der Waals surface area contributed by atoms with Crippen molar-refractivity contribution in [1.29, 1.82) is 0 Å². The summed E-state index contributed by atoms with van der Waals surface area (Å²) in [6.07, 6.45) is 1.38. The monoisotopic (exact) mass is 394 g/mol. The lowest BCUT2D eigenvalue weighted by atomic mass is 10.1. The van der Waals surface area contributed by atoms with Gasteiger partial charge in [0.2, 0.25) is 0 Å². The Morgan fingerprint density at radius 1 is 1.32 bits per heavy atom. The third-order valence-corrected chi connectivity index (χ3v) is 4.47. The van der Waals surface area contributed by atoms with Crippen LogP contribution in [0, 0.1) is 6.92 Å². The van der Waals surface area contributed by atoms with Crippen LogP contribution in [0.25, 0.3) is 0 Å². The van der Waals surface area contributed by atoms with E-state index < -0.39 is 5.97 Å². The molecule has 1 aliphatic rings. The number of methoxy groups -OCH3 is 1. The maximum atomic E-state index is 11.8.